The summed E-state index contributed by atoms with van der Waals surface area (Å²) in [6.07, 6.45) is 10.0. The summed E-state index contributed by atoms with van der Waals surface area (Å²) in [5.41, 5.74) is 0. The summed E-state index contributed by atoms with van der Waals surface area (Å²) in [6.45, 7) is 9.42. The lowest BCUT2D eigenvalue weighted by Crippen LogP contribution is -2.59. The average molecular weight is 782 g/mol. The van der Waals surface area contributed by atoms with Crippen molar-refractivity contribution in [3.05, 3.63) is 0 Å². The normalized spacial score (nSPS) is 22.1. The van der Waals surface area contributed by atoms with E-state index in [2.05, 4.69) is 14.0 Å². The van der Waals surface area contributed by atoms with Crippen LogP contribution in [0, 0.1) is 0 Å². The Morgan fingerprint density at radius 3 is 1.58 bits per heavy atom. The maximum Gasteiger partial charge on any atom is 0.430 e. The van der Waals surface area contributed by atoms with E-state index in [1.807, 2.05) is 13.8 Å². The fourth-order valence-corrected chi connectivity index (χ4v) is 7.88. The molecule has 0 bridgehead atoms. The minimum atomic E-state index is -5.19. The smallest absolute Gasteiger partial charge is 0.430 e. The van der Waals surface area contributed by atoms with Crippen LogP contribution in [0.5, 0.6) is 0 Å². The fraction of sp³-hybridized carbons (Fsp3) is 0.972. The molecule has 0 aromatic heterocycles. The van der Waals surface area contributed by atoms with Crippen molar-refractivity contribution in [2.75, 3.05) is 59.3 Å². The standard InChI is InChI=1S/C34H71NO9P.C2HF3O2/c1-5-8-9-10-11-12-13-14-15-16-17-18-19-20-24-35(4,26-23-28-45(40,42-6-2)43-7-3)25-21-22-27-41-34-33(39)32(38)31(37)30(29-36)44-34;3-2(4,5)1(6)7/h30-34,36-39H,5-29H2,1-4H3;(H,6,7)/q+1;/p-1/t30-,31-,32+,33-,34?,35?;/m1./s1. The maximum atomic E-state index is 13.0. The number of halogens is 3. The van der Waals surface area contributed by atoms with Gasteiger partial charge in [-0.15, -0.1) is 0 Å². The van der Waals surface area contributed by atoms with Crippen molar-refractivity contribution in [1.29, 1.82) is 0 Å². The number of unbranched alkanes of at least 4 members (excludes halogenated alkanes) is 14. The van der Waals surface area contributed by atoms with Crippen molar-refractivity contribution in [2.45, 2.75) is 167 Å². The highest BCUT2D eigenvalue weighted by molar-refractivity contribution is 7.53. The largest absolute Gasteiger partial charge is 0.542 e. The van der Waals surface area contributed by atoms with Crippen LogP contribution in [0.2, 0.25) is 0 Å². The van der Waals surface area contributed by atoms with Gasteiger partial charge in [-0.05, 0) is 39.5 Å². The summed E-state index contributed by atoms with van der Waals surface area (Å²) in [7, 11) is -0.795. The molecule has 1 rings (SSSR count). The average Bonchev–Trinajstić information content (AvgIpc) is 3.08. The van der Waals surface area contributed by atoms with Crippen LogP contribution in [0.1, 0.15) is 130 Å². The van der Waals surface area contributed by atoms with Crippen LogP contribution < -0.4 is 5.11 Å². The second-order valence-electron chi connectivity index (χ2n) is 14.0. The molecule has 0 saturated carbocycles. The number of aliphatic carboxylic acids is 1. The molecule has 0 aliphatic carbocycles. The highest BCUT2D eigenvalue weighted by atomic mass is 31.2. The molecule has 1 aliphatic rings. The molecule has 0 aromatic rings. The van der Waals surface area contributed by atoms with Crippen LogP contribution in [0.25, 0.3) is 0 Å². The summed E-state index contributed by atoms with van der Waals surface area (Å²) in [5, 5.41) is 48.4. The van der Waals surface area contributed by atoms with Gasteiger partial charge in [0.2, 0.25) is 0 Å². The molecule has 12 nitrogen and oxygen atoms in total. The molecule has 4 N–H and O–H groups in total. The number of carboxylic acid groups (broad SMARTS) is 1. The van der Waals surface area contributed by atoms with Crippen molar-refractivity contribution in [3.8, 4) is 0 Å². The van der Waals surface area contributed by atoms with Gasteiger partial charge < -0.3 is 53.3 Å². The van der Waals surface area contributed by atoms with Crippen molar-refractivity contribution in [3.63, 3.8) is 0 Å². The van der Waals surface area contributed by atoms with Gasteiger partial charge >= 0.3 is 13.8 Å². The Bertz CT molecular complexity index is 924. The Balaban J connectivity index is 0.00000335. The molecular formula is C36H71F3NO11P. The number of carbonyl (C=O) groups excluding carboxylic acids is 1. The molecule has 1 aliphatic heterocycles. The van der Waals surface area contributed by atoms with Gasteiger partial charge in [-0.2, -0.15) is 13.2 Å². The second-order valence-corrected chi connectivity index (χ2v) is 16.2. The van der Waals surface area contributed by atoms with E-state index in [0.29, 0.717) is 26.0 Å². The van der Waals surface area contributed by atoms with Gasteiger partial charge in [-0.1, -0.05) is 84.0 Å². The van der Waals surface area contributed by atoms with Crippen molar-refractivity contribution in [1.82, 2.24) is 0 Å². The van der Waals surface area contributed by atoms with Gasteiger partial charge in [0, 0.05) is 6.42 Å². The topological polar surface area (TPSA) is 175 Å². The molecule has 0 aromatic carbocycles. The lowest BCUT2D eigenvalue weighted by molar-refractivity contribution is -0.910. The van der Waals surface area contributed by atoms with Gasteiger partial charge in [0.1, 0.15) is 30.4 Å². The Morgan fingerprint density at radius 1 is 0.731 bits per heavy atom. The van der Waals surface area contributed by atoms with Crippen molar-refractivity contribution < 1.29 is 71.1 Å². The van der Waals surface area contributed by atoms with Gasteiger partial charge in [0.15, 0.2) is 6.29 Å². The summed E-state index contributed by atoms with van der Waals surface area (Å²) in [6, 6.07) is 0. The molecule has 6 atom stereocenters. The Morgan fingerprint density at radius 2 is 1.15 bits per heavy atom. The number of carbonyl (C=O) groups is 1. The zero-order chi connectivity index (χ0) is 39.5. The summed E-state index contributed by atoms with van der Waals surface area (Å²) >= 11 is 0. The molecule has 1 fully saturated rings. The first kappa shape index (κ1) is 51.1. The van der Waals surface area contributed by atoms with E-state index in [1.54, 1.807) is 0 Å². The fourth-order valence-electron chi connectivity index (χ4n) is 6.23. The van der Waals surface area contributed by atoms with E-state index in [-0.39, 0.29) is 0 Å². The number of hydrogen-bond acceptors (Lipinski definition) is 11. The highest BCUT2D eigenvalue weighted by Crippen LogP contribution is 2.48. The monoisotopic (exact) mass is 781 g/mol. The SMILES string of the molecule is CCCCCCCCCCCCCCCC[N+](C)(CCCCOC1O[C@H](CO)[C@@H](O)[C@H](O)[C@H]1O)CCCP(=O)(OCC)OCC.O=C([O-])C(F)(F)F. The molecule has 52 heavy (non-hydrogen) atoms. The molecule has 2 unspecified atom stereocenters. The van der Waals surface area contributed by atoms with Crippen LogP contribution in [-0.4, -0.2) is 127 Å². The Hall–Kier alpha value is -0.870. The van der Waals surface area contributed by atoms with Crippen LogP contribution in [0.15, 0.2) is 0 Å². The quantitative estimate of drug-likeness (QED) is 0.0414. The first-order chi connectivity index (χ1) is 24.6. The maximum absolute atomic E-state index is 13.0. The van der Waals surface area contributed by atoms with E-state index < -0.39 is 57.1 Å². The zero-order valence-corrected chi connectivity index (χ0v) is 33.1. The van der Waals surface area contributed by atoms with E-state index >= 15 is 0 Å². The van der Waals surface area contributed by atoms with E-state index in [1.165, 1.54) is 83.5 Å². The number of aliphatic hydroxyl groups excluding tert-OH is 4. The third-order valence-corrected chi connectivity index (χ3v) is 11.5. The second kappa shape index (κ2) is 29.4. The van der Waals surface area contributed by atoms with Gasteiger partial charge in [-0.25, -0.2) is 0 Å². The summed E-state index contributed by atoms with van der Waals surface area (Å²) in [5.74, 6) is -3.01. The number of alkyl halides is 3. The number of ether oxygens (including phenoxy) is 2. The molecular weight excluding hydrogens is 710 g/mol. The third-order valence-electron chi connectivity index (χ3n) is 9.29. The van der Waals surface area contributed by atoms with Crippen LogP contribution >= 0.6 is 7.60 Å². The van der Waals surface area contributed by atoms with Gasteiger partial charge in [0.05, 0.1) is 59.3 Å². The molecule has 0 amide bonds. The molecule has 1 heterocycles. The lowest BCUT2D eigenvalue weighted by Gasteiger charge is -2.39. The number of nitrogens with zero attached hydrogens (tertiary/aromatic N) is 1. The minimum Gasteiger partial charge on any atom is -0.542 e. The third kappa shape index (κ3) is 23.8. The van der Waals surface area contributed by atoms with Gasteiger partial charge in [-0.3, -0.25) is 4.57 Å². The van der Waals surface area contributed by atoms with Crippen molar-refractivity contribution in [2.24, 2.45) is 0 Å². The number of carboxylic acids is 1. The number of aliphatic hydroxyl groups is 4. The summed E-state index contributed by atoms with van der Waals surface area (Å²) in [4.78, 5) is 8.78. The van der Waals surface area contributed by atoms with E-state index in [9.17, 15) is 38.2 Å². The molecule has 312 valence electrons. The lowest BCUT2D eigenvalue weighted by atomic mass is 9.99. The molecule has 0 radical (unpaired) electrons. The summed E-state index contributed by atoms with van der Waals surface area (Å²) < 4.78 is 67.6. The Kier molecular flexibility index (Phi) is 28.9. The first-order valence-electron chi connectivity index (χ1n) is 19.5. The van der Waals surface area contributed by atoms with E-state index in [4.69, 9.17) is 28.4 Å². The zero-order valence-electron chi connectivity index (χ0n) is 32.2. The first-order valence-corrected chi connectivity index (χ1v) is 21.2. The highest BCUT2D eigenvalue weighted by Gasteiger charge is 2.44. The predicted octanol–water partition coefficient (Wildman–Crippen LogP) is 5.47. The molecule has 16 heteroatoms. The van der Waals surface area contributed by atoms with E-state index in [0.717, 1.165) is 49.8 Å². The predicted molar refractivity (Wildman–Crippen MR) is 191 cm³/mol. The number of hydrogen-bond donors (Lipinski definition) is 4. The minimum absolute atomic E-state index is 0.325. The molecule has 0 spiro atoms. The Labute approximate surface area is 310 Å². The van der Waals surface area contributed by atoms with Crippen LogP contribution in [0.3, 0.4) is 0 Å². The van der Waals surface area contributed by atoms with Crippen molar-refractivity contribution >= 4 is 13.6 Å². The van der Waals surface area contributed by atoms with Crippen LogP contribution in [0.4, 0.5) is 13.2 Å². The number of rotatable bonds is 30. The van der Waals surface area contributed by atoms with Gasteiger partial charge in [0.25, 0.3) is 0 Å². The van der Waals surface area contributed by atoms with Crippen LogP contribution in [-0.2, 0) is 27.9 Å². The number of quaternary nitrogens is 1. The molecule has 1 saturated heterocycles.